The van der Waals surface area contributed by atoms with Crippen LogP contribution in [0.3, 0.4) is 0 Å². The lowest BCUT2D eigenvalue weighted by molar-refractivity contribution is -0.212. The maximum atomic E-state index is 10.4. The number of rotatable bonds is 7. The minimum atomic E-state index is -1.57. The molecule has 134 valence electrons. The van der Waals surface area contributed by atoms with Crippen molar-refractivity contribution in [1.82, 2.24) is 0 Å². The van der Waals surface area contributed by atoms with E-state index in [-0.39, 0.29) is 0 Å². The second-order valence-corrected chi connectivity index (χ2v) is 6.04. The molecule has 4 nitrogen and oxygen atoms in total. The zero-order valence-corrected chi connectivity index (χ0v) is 14.3. The third-order valence-corrected chi connectivity index (χ3v) is 4.35. The predicted molar refractivity (Wildman–Crippen MR) is 99.4 cm³/mol. The van der Waals surface area contributed by atoms with Crippen LogP contribution in [0.25, 0.3) is 0 Å². The van der Waals surface area contributed by atoms with Crippen molar-refractivity contribution in [3.63, 3.8) is 0 Å². The van der Waals surface area contributed by atoms with E-state index < -0.39 is 24.6 Å². The number of aliphatic hydroxyl groups excluding tert-OH is 3. The molecule has 0 amide bonds. The highest BCUT2D eigenvalue weighted by molar-refractivity contribution is 5.47. The van der Waals surface area contributed by atoms with Crippen LogP contribution in [0.2, 0.25) is 0 Å². The summed E-state index contributed by atoms with van der Waals surface area (Å²) in [5, 5.41) is 29.5. The Hall–Kier alpha value is -2.50. The molecule has 0 spiro atoms. The first kappa shape index (κ1) is 18.3. The third-order valence-electron chi connectivity index (χ3n) is 4.35. The monoisotopic (exact) mass is 350 g/mol. The smallest absolute Gasteiger partial charge is 0.185 e. The van der Waals surface area contributed by atoms with Crippen LogP contribution in [0, 0.1) is 0 Å². The van der Waals surface area contributed by atoms with Gasteiger partial charge in [0.25, 0.3) is 0 Å². The number of hydrogen-bond donors (Lipinski definition) is 3. The zero-order valence-electron chi connectivity index (χ0n) is 14.3. The molecule has 2 atom stereocenters. The van der Waals surface area contributed by atoms with E-state index in [2.05, 4.69) is 0 Å². The van der Waals surface area contributed by atoms with Gasteiger partial charge in [-0.1, -0.05) is 91.0 Å². The molecule has 0 radical (unpaired) electrons. The van der Waals surface area contributed by atoms with Crippen LogP contribution in [-0.2, 0) is 10.3 Å². The van der Waals surface area contributed by atoms with E-state index in [0.717, 1.165) is 16.7 Å². The van der Waals surface area contributed by atoms with Crippen molar-refractivity contribution in [3.05, 3.63) is 108 Å². The van der Waals surface area contributed by atoms with Gasteiger partial charge in [-0.2, -0.15) is 0 Å². The molecule has 3 aromatic rings. The number of aliphatic hydroxyl groups is 3. The lowest BCUT2D eigenvalue weighted by Gasteiger charge is -2.38. The van der Waals surface area contributed by atoms with Gasteiger partial charge in [0.1, 0.15) is 11.7 Å². The van der Waals surface area contributed by atoms with Crippen LogP contribution in [0.15, 0.2) is 91.0 Å². The van der Waals surface area contributed by atoms with Gasteiger partial charge in [0, 0.05) is 0 Å². The minimum Gasteiger partial charge on any atom is -0.393 e. The lowest BCUT2D eigenvalue weighted by Crippen LogP contribution is -2.42. The Kier molecular flexibility index (Phi) is 5.81. The quantitative estimate of drug-likeness (QED) is 0.453. The molecular formula is C22H22O4. The molecule has 0 saturated carbocycles. The van der Waals surface area contributed by atoms with Gasteiger partial charge >= 0.3 is 0 Å². The highest BCUT2D eigenvalue weighted by Gasteiger charge is 2.40. The summed E-state index contributed by atoms with van der Waals surface area (Å²) in [6, 6.07) is 28.6. The molecule has 0 bridgehead atoms. The first-order chi connectivity index (χ1) is 12.7. The molecule has 26 heavy (non-hydrogen) atoms. The maximum Gasteiger partial charge on any atom is 0.185 e. The summed E-state index contributed by atoms with van der Waals surface area (Å²) in [4.78, 5) is 0. The Morgan fingerprint density at radius 1 is 0.654 bits per heavy atom. The van der Waals surface area contributed by atoms with Gasteiger partial charge in [-0.05, 0) is 16.7 Å². The molecule has 0 aliphatic rings. The topological polar surface area (TPSA) is 69.9 Å². The summed E-state index contributed by atoms with van der Waals surface area (Å²) >= 11 is 0. The summed E-state index contributed by atoms with van der Waals surface area (Å²) < 4.78 is 6.09. The number of ether oxygens (including phenoxy) is 1. The predicted octanol–water partition coefficient (Wildman–Crippen LogP) is 2.67. The fourth-order valence-corrected chi connectivity index (χ4v) is 3.07. The zero-order chi connectivity index (χ0) is 18.4. The second-order valence-electron chi connectivity index (χ2n) is 6.04. The third kappa shape index (κ3) is 3.54. The summed E-state index contributed by atoms with van der Waals surface area (Å²) in [7, 11) is 0. The Balaban J connectivity index is 2.24. The van der Waals surface area contributed by atoms with E-state index in [9.17, 15) is 15.3 Å². The van der Waals surface area contributed by atoms with Crippen LogP contribution in [0.1, 0.15) is 16.7 Å². The van der Waals surface area contributed by atoms with Crippen molar-refractivity contribution in [2.45, 2.75) is 18.0 Å². The van der Waals surface area contributed by atoms with E-state index in [4.69, 9.17) is 4.74 Å². The number of benzene rings is 3. The first-order valence-corrected chi connectivity index (χ1v) is 8.50. The van der Waals surface area contributed by atoms with Gasteiger partial charge in [-0.3, -0.25) is 0 Å². The fraction of sp³-hybridized carbons (Fsp3) is 0.182. The van der Waals surface area contributed by atoms with Crippen molar-refractivity contribution in [3.8, 4) is 0 Å². The molecule has 3 N–H and O–H groups in total. The van der Waals surface area contributed by atoms with Crippen molar-refractivity contribution >= 4 is 0 Å². The average Bonchev–Trinajstić information content (AvgIpc) is 2.73. The van der Waals surface area contributed by atoms with Crippen LogP contribution in [0.4, 0.5) is 0 Å². The molecule has 0 fully saturated rings. The molecular weight excluding hydrogens is 328 g/mol. The number of hydrogen-bond acceptors (Lipinski definition) is 4. The Bertz CT molecular complexity index is 693. The summed E-state index contributed by atoms with van der Waals surface area (Å²) in [5.41, 5.74) is 1.28. The molecule has 0 aromatic heterocycles. The lowest BCUT2D eigenvalue weighted by atomic mass is 9.80. The van der Waals surface area contributed by atoms with E-state index in [0.29, 0.717) is 0 Å². The first-order valence-electron chi connectivity index (χ1n) is 8.50. The average molecular weight is 350 g/mol. The van der Waals surface area contributed by atoms with E-state index >= 15 is 0 Å². The SMILES string of the molecule is OCC(O)C(O)OC(c1ccccc1)(c1ccccc1)c1ccccc1. The minimum absolute atomic E-state index is 0.602. The van der Waals surface area contributed by atoms with Gasteiger partial charge in [-0.15, -0.1) is 0 Å². The molecule has 0 heterocycles. The largest absolute Gasteiger partial charge is 0.393 e. The summed E-state index contributed by atoms with van der Waals surface area (Å²) in [6.45, 7) is -0.602. The summed E-state index contributed by atoms with van der Waals surface area (Å²) in [6.07, 6.45) is -2.98. The van der Waals surface area contributed by atoms with Gasteiger partial charge in [-0.25, -0.2) is 0 Å². The molecule has 0 aliphatic heterocycles. The van der Waals surface area contributed by atoms with Crippen molar-refractivity contribution in [1.29, 1.82) is 0 Å². The highest BCUT2D eigenvalue weighted by atomic mass is 16.6. The maximum absolute atomic E-state index is 10.4. The van der Waals surface area contributed by atoms with Gasteiger partial charge < -0.3 is 20.1 Å². The highest BCUT2D eigenvalue weighted by Crippen LogP contribution is 2.41. The molecule has 0 aliphatic carbocycles. The van der Waals surface area contributed by atoms with Gasteiger partial charge in [0.15, 0.2) is 6.29 Å². The molecule has 4 heteroatoms. The van der Waals surface area contributed by atoms with Crippen LogP contribution < -0.4 is 0 Å². The molecule has 3 aromatic carbocycles. The van der Waals surface area contributed by atoms with E-state index in [1.165, 1.54) is 0 Å². The Labute approximate surface area is 153 Å². The Morgan fingerprint density at radius 3 is 1.31 bits per heavy atom. The van der Waals surface area contributed by atoms with Crippen LogP contribution >= 0.6 is 0 Å². The van der Waals surface area contributed by atoms with Gasteiger partial charge in [0.2, 0.25) is 0 Å². The Morgan fingerprint density at radius 2 is 1.00 bits per heavy atom. The van der Waals surface area contributed by atoms with Crippen molar-refractivity contribution in [2.24, 2.45) is 0 Å². The molecule has 3 rings (SSSR count). The van der Waals surface area contributed by atoms with E-state index in [1.807, 2.05) is 91.0 Å². The van der Waals surface area contributed by atoms with E-state index in [1.54, 1.807) is 0 Å². The van der Waals surface area contributed by atoms with Crippen LogP contribution in [-0.4, -0.2) is 34.3 Å². The second kappa shape index (κ2) is 8.25. The fourth-order valence-electron chi connectivity index (χ4n) is 3.07. The summed E-state index contributed by atoms with van der Waals surface area (Å²) in [5.74, 6) is 0. The van der Waals surface area contributed by atoms with Gasteiger partial charge in [0.05, 0.1) is 6.61 Å². The normalized spacial score (nSPS) is 14.0. The standard InChI is InChI=1S/C22H22O4/c23-16-20(24)21(25)26-22(17-10-4-1-5-11-17,18-12-6-2-7-13-18)19-14-8-3-9-15-19/h1-15,20-21,23-25H,16H2. The molecule has 2 unspecified atom stereocenters. The van der Waals surface area contributed by atoms with Crippen LogP contribution in [0.5, 0.6) is 0 Å². The molecule has 0 saturated heterocycles. The van der Waals surface area contributed by atoms with Crippen molar-refractivity contribution in [2.75, 3.05) is 6.61 Å². The van der Waals surface area contributed by atoms with Crippen molar-refractivity contribution < 1.29 is 20.1 Å².